The van der Waals surface area contributed by atoms with Crippen LogP contribution in [0.3, 0.4) is 0 Å². The van der Waals surface area contributed by atoms with Crippen molar-refractivity contribution in [2.75, 3.05) is 24.5 Å². The van der Waals surface area contributed by atoms with E-state index in [0.717, 1.165) is 19.5 Å². The second-order valence-corrected chi connectivity index (χ2v) is 6.87. The zero-order valence-corrected chi connectivity index (χ0v) is 14.2. The van der Waals surface area contributed by atoms with Crippen LogP contribution in [0, 0.1) is 11.8 Å². The lowest BCUT2D eigenvalue weighted by Gasteiger charge is -2.29. The van der Waals surface area contributed by atoms with Crippen molar-refractivity contribution in [3.05, 3.63) is 28.2 Å². The van der Waals surface area contributed by atoms with Crippen molar-refractivity contribution in [2.45, 2.75) is 34.1 Å². The molecule has 0 radical (unpaired) electrons. The molecule has 2 N–H and O–H groups in total. The number of nitrogens with zero attached hydrogens (tertiary/aromatic N) is 1. The fourth-order valence-electron chi connectivity index (χ4n) is 2.28. The fourth-order valence-corrected chi connectivity index (χ4v) is 2.96. The summed E-state index contributed by atoms with van der Waals surface area (Å²) in [5, 5.41) is 0. The molecule has 2 nitrogen and oxygen atoms in total. The largest absolute Gasteiger partial charge is 0.370 e. The van der Waals surface area contributed by atoms with Crippen molar-refractivity contribution < 1.29 is 0 Å². The molecule has 1 aromatic rings. The molecule has 3 heteroatoms. The first-order valence-electron chi connectivity index (χ1n) is 7.17. The lowest BCUT2D eigenvalue weighted by Crippen LogP contribution is -2.31. The van der Waals surface area contributed by atoms with E-state index in [4.69, 9.17) is 5.73 Å². The van der Waals surface area contributed by atoms with Crippen molar-refractivity contribution in [1.29, 1.82) is 0 Å². The summed E-state index contributed by atoms with van der Waals surface area (Å²) in [6, 6.07) is 6.62. The first-order chi connectivity index (χ1) is 8.93. The molecule has 0 fully saturated rings. The van der Waals surface area contributed by atoms with Crippen LogP contribution in [0.2, 0.25) is 0 Å². The first kappa shape index (κ1) is 16.5. The molecule has 0 aromatic heterocycles. The smallest absolute Gasteiger partial charge is 0.0511 e. The molecule has 0 aliphatic heterocycles. The van der Waals surface area contributed by atoms with Gasteiger partial charge in [-0.05, 0) is 58.4 Å². The van der Waals surface area contributed by atoms with Crippen molar-refractivity contribution in [1.82, 2.24) is 0 Å². The summed E-state index contributed by atoms with van der Waals surface area (Å²) in [6.45, 7) is 12.0. The van der Waals surface area contributed by atoms with Crippen LogP contribution in [0.1, 0.15) is 33.3 Å². The van der Waals surface area contributed by atoms with Crippen LogP contribution < -0.4 is 10.6 Å². The summed E-state index contributed by atoms with van der Waals surface area (Å²) in [5.41, 5.74) is 8.21. The van der Waals surface area contributed by atoms with Gasteiger partial charge in [0.15, 0.2) is 0 Å². The van der Waals surface area contributed by atoms with Gasteiger partial charge in [0, 0.05) is 17.6 Å². The predicted octanol–water partition coefficient (Wildman–Crippen LogP) is 4.07. The molecular weight excluding hydrogens is 300 g/mol. The molecule has 19 heavy (non-hydrogen) atoms. The summed E-state index contributed by atoms with van der Waals surface area (Å²) in [6.07, 6.45) is 0.938. The van der Waals surface area contributed by atoms with Crippen LogP contribution in [0.4, 0.5) is 5.69 Å². The van der Waals surface area contributed by atoms with Crippen LogP contribution in [0.15, 0.2) is 22.7 Å². The molecule has 0 amide bonds. The first-order valence-corrected chi connectivity index (χ1v) is 7.96. The van der Waals surface area contributed by atoms with E-state index >= 15 is 0 Å². The van der Waals surface area contributed by atoms with Gasteiger partial charge in [-0.25, -0.2) is 0 Å². The van der Waals surface area contributed by atoms with E-state index in [1.807, 2.05) is 0 Å². The van der Waals surface area contributed by atoms with Crippen molar-refractivity contribution in [3.8, 4) is 0 Å². The highest BCUT2D eigenvalue weighted by molar-refractivity contribution is 9.10. The van der Waals surface area contributed by atoms with E-state index in [9.17, 15) is 0 Å². The Morgan fingerprint density at radius 1 is 1.11 bits per heavy atom. The van der Waals surface area contributed by atoms with Gasteiger partial charge in [0.2, 0.25) is 0 Å². The second-order valence-electron chi connectivity index (χ2n) is 6.02. The summed E-state index contributed by atoms with van der Waals surface area (Å²) in [5.74, 6) is 1.32. The van der Waals surface area contributed by atoms with Gasteiger partial charge < -0.3 is 10.6 Å². The molecule has 1 aromatic carbocycles. The minimum atomic E-state index is 0.661. The quantitative estimate of drug-likeness (QED) is 0.818. The van der Waals surface area contributed by atoms with E-state index < -0.39 is 0 Å². The molecule has 1 rings (SSSR count). The monoisotopic (exact) mass is 326 g/mol. The second kappa shape index (κ2) is 7.91. The normalized spacial score (nSPS) is 11.4. The van der Waals surface area contributed by atoms with Gasteiger partial charge in [-0.1, -0.05) is 33.8 Å². The van der Waals surface area contributed by atoms with E-state index in [2.05, 4.69) is 66.7 Å². The van der Waals surface area contributed by atoms with Gasteiger partial charge in [-0.3, -0.25) is 0 Å². The van der Waals surface area contributed by atoms with Crippen LogP contribution >= 0.6 is 15.9 Å². The molecule has 0 aliphatic carbocycles. The maximum absolute atomic E-state index is 5.61. The van der Waals surface area contributed by atoms with Crippen LogP contribution in [0.5, 0.6) is 0 Å². The Labute approximate surface area is 126 Å². The van der Waals surface area contributed by atoms with E-state index in [1.54, 1.807) is 0 Å². The van der Waals surface area contributed by atoms with E-state index in [-0.39, 0.29) is 0 Å². The van der Waals surface area contributed by atoms with Gasteiger partial charge in [0.1, 0.15) is 0 Å². The predicted molar refractivity (Wildman–Crippen MR) is 88.8 cm³/mol. The van der Waals surface area contributed by atoms with E-state index in [0.29, 0.717) is 18.4 Å². The van der Waals surface area contributed by atoms with Gasteiger partial charge in [-0.2, -0.15) is 0 Å². The number of halogens is 1. The Hall–Kier alpha value is -0.540. The molecule has 108 valence electrons. The summed E-state index contributed by atoms with van der Waals surface area (Å²) in [7, 11) is 0. The van der Waals surface area contributed by atoms with Crippen LogP contribution in [-0.4, -0.2) is 19.6 Å². The maximum Gasteiger partial charge on any atom is 0.0511 e. The Balaban J connectivity index is 2.94. The van der Waals surface area contributed by atoms with Gasteiger partial charge in [0.05, 0.1) is 5.69 Å². The van der Waals surface area contributed by atoms with Gasteiger partial charge >= 0.3 is 0 Å². The average Bonchev–Trinajstić information content (AvgIpc) is 2.27. The minimum Gasteiger partial charge on any atom is -0.370 e. The lowest BCUT2D eigenvalue weighted by atomic mass is 10.1. The highest BCUT2D eigenvalue weighted by atomic mass is 79.9. The zero-order chi connectivity index (χ0) is 14.4. The molecule has 0 saturated heterocycles. The Morgan fingerprint density at radius 2 is 1.68 bits per heavy atom. The SMILES string of the molecule is CC(C)CN(CC(C)C)c1ccc(CCN)cc1Br. The highest BCUT2D eigenvalue weighted by Gasteiger charge is 2.13. The maximum atomic E-state index is 5.61. The molecule has 0 spiro atoms. The number of nitrogens with two attached hydrogens (primary N) is 1. The number of benzene rings is 1. The van der Waals surface area contributed by atoms with Crippen LogP contribution in [0.25, 0.3) is 0 Å². The number of anilines is 1. The third kappa shape index (κ3) is 5.53. The standard InChI is InChI=1S/C16H27BrN2/c1-12(2)10-19(11-13(3)4)16-6-5-14(7-8-18)9-15(16)17/h5-6,9,12-13H,7-8,10-11,18H2,1-4H3. The van der Waals surface area contributed by atoms with Crippen LogP contribution in [-0.2, 0) is 6.42 Å². The summed E-state index contributed by atoms with van der Waals surface area (Å²) < 4.78 is 1.18. The highest BCUT2D eigenvalue weighted by Crippen LogP contribution is 2.29. The Kier molecular flexibility index (Phi) is 6.87. The van der Waals surface area contributed by atoms with Crippen molar-refractivity contribution in [2.24, 2.45) is 17.6 Å². The van der Waals surface area contributed by atoms with E-state index in [1.165, 1.54) is 15.7 Å². The third-order valence-electron chi connectivity index (χ3n) is 2.96. The Morgan fingerprint density at radius 3 is 2.11 bits per heavy atom. The number of hydrogen-bond acceptors (Lipinski definition) is 2. The topological polar surface area (TPSA) is 29.3 Å². The molecular formula is C16H27BrN2. The van der Waals surface area contributed by atoms with Gasteiger partial charge in [0.25, 0.3) is 0 Å². The van der Waals surface area contributed by atoms with Gasteiger partial charge in [-0.15, -0.1) is 0 Å². The molecule has 0 atom stereocenters. The third-order valence-corrected chi connectivity index (χ3v) is 3.59. The zero-order valence-electron chi connectivity index (χ0n) is 12.6. The average molecular weight is 327 g/mol. The minimum absolute atomic E-state index is 0.661. The number of rotatable bonds is 7. The summed E-state index contributed by atoms with van der Waals surface area (Å²) in [4.78, 5) is 2.48. The molecule has 0 aliphatic rings. The molecule has 0 saturated carbocycles. The Bertz CT molecular complexity index is 378. The molecule has 0 heterocycles. The molecule has 0 unspecified atom stereocenters. The van der Waals surface area contributed by atoms with Crippen molar-refractivity contribution in [3.63, 3.8) is 0 Å². The molecule has 0 bridgehead atoms. The number of hydrogen-bond donors (Lipinski definition) is 1. The summed E-state index contributed by atoms with van der Waals surface area (Å²) >= 11 is 3.72. The fraction of sp³-hybridized carbons (Fsp3) is 0.625. The van der Waals surface area contributed by atoms with Crippen molar-refractivity contribution >= 4 is 21.6 Å². The lowest BCUT2D eigenvalue weighted by molar-refractivity contribution is 0.552.